The van der Waals surface area contributed by atoms with Crippen LogP contribution in [-0.2, 0) is 14.2 Å². The first-order valence-electron chi connectivity index (χ1n) is 4.24. The topological polar surface area (TPSA) is 27.7 Å². The smallest absolute Gasteiger partial charge is 0.170 e. The van der Waals surface area contributed by atoms with Crippen molar-refractivity contribution in [3.8, 4) is 0 Å². The summed E-state index contributed by atoms with van der Waals surface area (Å²) in [5.41, 5.74) is 0. The maximum atomic E-state index is 5.71. The summed E-state index contributed by atoms with van der Waals surface area (Å²) in [7, 11) is 0. The molecule has 2 aliphatic rings. The molecule has 64 valence electrons. The minimum absolute atomic E-state index is 0.178. The highest BCUT2D eigenvalue weighted by molar-refractivity contribution is 4.80. The van der Waals surface area contributed by atoms with Crippen molar-refractivity contribution in [3.63, 3.8) is 0 Å². The van der Waals surface area contributed by atoms with Crippen LogP contribution in [0.1, 0.15) is 19.8 Å². The van der Waals surface area contributed by atoms with Gasteiger partial charge in [0.1, 0.15) is 6.10 Å². The van der Waals surface area contributed by atoms with Crippen LogP contribution in [-0.4, -0.2) is 31.7 Å². The molecule has 2 bridgehead atoms. The second-order valence-corrected chi connectivity index (χ2v) is 3.14. The Morgan fingerprint density at radius 3 is 3.18 bits per heavy atom. The fraction of sp³-hybridized carbons (Fsp3) is 1.00. The van der Waals surface area contributed by atoms with Crippen LogP contribution in [0.3, 0.4) is 0 Å². The third kappa shape index (κ3) is 1.28. The van der Waals surface area contributed by atoms with E-state index in [9.17, 15) is 0 Å². The average Bonchev–Trinajstić information content (AvgIpc) is 2.28. The molecule has 3 nitrogen and oxygen atoms in total. The summed E-state index contributed by atoms with van der Waals surface area (Å²) in [5.74, 6) is -0.304. The molecule has 0 amide bonds. The monoisotopic (exact) mass is 158 g/mol. The summed E-state index contributed by atoms with van der Waals surface area (Å²) in [5, 5.41) is 0. The van der Waals surface area contributed by atoms with Crippen LogP contribution in [0.25, 0.3) is 0 Å². The minimum atomic E-state index is -0.304. The van der Waals surface area contributed by atoms with Crippen molar-refractivity contribution in [3.05, 3.63) is 0 Å². The Labute approximate surface area is 66.6 Å². The van der Waals surface area contributed by atoms with Gasteiger partial charge >= 0.3 is 0 Å². The fourth-order valence-electron chi connectivity index (χ4n) is 1.63. The Morgan fingerprint density at radius 1 is 1.45 bits per heavy atom. The van der Waals surface area contributed by atoms with Gasteiger partial charge in [-0.1, -0.05) is 6.92 Å². The van der Waals surface area contributed by atoms with E-state index >= 15 is 0 Å². The Morgan fingerprint density at radius 2 is 2.36 bits per heavy atom. The van der Waals surface area contributed by atoms with Gasteiger partial charge in [-0.05, 0) is 6.42 Å². The van der Waals surface area contributed by atoms with Crippen LogP contribution in [0.15, 0.2) is 0 Å². The zero-order chi connectivity index (χ0) is 7.73. The standard InChI is InChI=1S/C8H14O3/c1-2-8-3-4-9-5-7(11-8)6-10-8/h7H,2-6H2,1H3. The van der Waals surface area contributed by atoms with Crippen molar-refractivity contribution >= 4 is 0 Å². The summed E-state index contributed by atoms with van der Waals surface area (Å²) in [6.45, 7) is 4.26. The largest absolute Gasteiger partial charge is 0.378 e. The molecule has 11 heavy (non-hydrogen) atoms. The molecule has 0 aromatic rings. The molecule has 2 rings (SSSR count). The van der Waals surface area contributed by atoms with Gasteiger partial charge in [0.25, 0.3) is 0 Å². The third-order valence-electron chi connectivity index (χ3n) is 2.38. The van der Waals surface area contributed by atoms with E-state index in [-0.39, 0.29) is 11.9 Å². The van der Waals surface area contributed by atoms with Crippen LogP contribution < -0.4 is 0 Å². The SMILES string of the molecule is CCC12CCOCC(CO1)O2. The van der Waals surface area contributed by atoms with Crippen molar-refractivity contribution < 1.29 is 14.2 Å². The summed E-state index contributed by atoms with van der Waals surface area (Å²) in [6.07, 6.45) is 1.98. The summed E-state index contributed by atoms with van der Waals surface area (Å²) < 4.78 is 16.7. The van der Waals surface area contributed by atoms with Gasteiger partial charge in [-0.3, -0.25) is 0 Å². The van der Waals surface area contributed by atoms with E-state index < -0.39 is 0 Å². The van der Waals surface area contributed by atoms with Gasteiger partial charge in [-0.15, -0.1) is 0 Å². The highest BCUT2D eigenvalue weighted by atomic mass is 16.8. The van der Waals surface area contributed by atoms with Gasteiger partial charge in [0.2, 0.25) is 0 Å². The molecule has 0 aliphatic carbocycles. The number of fused-ring (bicyclic) bond motifs is 2. The normalized spacial score (nSPS) is 43.9. The molecule has 3 heteroatoms. The number of hydrogen-bond acceptors (Lipinski definition) is 3. The molecule has 0 spiro atoms. The molecule has 0 aromatic heterocycles. The van der Waals surface area contributed by atoms with E-state index in [4.69, 9.17) is 14.2 Å². The molecule has 2 saturated heterocycles. The Bertz CT molecular complexity index is 148. The van der Waals surface area contributed by atoms with Crippen molar-refractivity contribution in [2.75, 3.05) is 19.8 Å². The maximum Gasteiger partial charge on any atom is 0.170 e. The summed E-state index contributed by atoms with van der Waals surface area (Å²) in [4.78, 5) is 0. The number of hydrogen-bond donors (Lipinski definition) is 0. The Balaban J connectivity index is 2.08. The van der Waals surface area contributed by atoms with Crippen molar-refractivity contribution in [2.24, 2.45) is 0 Å². The highest BCUT2D eigenvalue weighted by Gasteiger charge is 2.41. The van der Waals surface area contributed by atoms with E-state index in [2.05, 4.69) is 6.92 Å². The van der Waals surface area contributed by atoms with Gasteiger partial charge < -0.3 is 14.2 Å². The Hall–Kier alpha value is -0.120. The Kier molecular flexibility index (Phi) is 1.87. The molecular formula is C8H14O3. The number of rotatable bonds is 1. The van der Waals surface area contributed by atoms with E-state index in [0.717, 1.165) is 19.4 Å². The lowest BCUT2D eigenvalue weighted by atomic mass is 10.1. The molecule has 0 N–H and O–H groups in total. The van der Waals surface area contributed by atoms with Crippen LogP contribution in [0.5, 0.6) is 0 Å². The van der Waals surface area contributed by atoms with Gasteiger partial charge in [0, 0.05) is 6.42 Å². The molecule has 0 radical (unpaired) electrons. The summed E-state index contributed by atoms with van der Waals surface area (Å²) >= 11 is 0. The zero-order valence-electron chi connectivity index (χ0n) is 6.84. The molecular weight excluding hydrogens is 144 g/mol. The molecule has 2 fully saturated rings. The van der Waals surface area contributed by atoms with Gasteiger partial charge in [-0.25, -0.2) is 0 Å². The molecule has 2 atom stereocenters. The van der Waals surface area contributed by atoms with Crippen molar-refractivity contribution in [1.82, 2.24) is 0 Å². The predicted molar refractivity (Wildman–Crippen MR) is 39.3 cm³/mol. The van der Waals surface area contributed by atoms with Crippen molar-refractivity contribution in [2.45, 2.75) is 31.7 Å². The second kappa shape index (κ2) is 2.73. The molecule has 2 aliphatic heterocycles. The van der Waals surface area contributed by atoms with Crippen molar-refractivity contribution in [1.29, 1.82) is 0 Å². The lowest BCUT2D eigenvalue weighted by Crippen LogP contribution is -2.29. The second-order valence-electron chi connectivity index (χ2n) is 3.14. The molecule has 0 aromatic carbocycles. The highest BCUT2D eigenvalue weighted by Crippen LogP contribution is 2.32. The quantitative estimate of drug-likeness (QED) is 0.568. The van der Waals surface area contributed by atoms with Crippen LogP contribution in [0.4, 0.5) is 0 Å². The third-order valence-corrected chi connectivity index (χ3v) is 2.38. The minimum Gasteiger partial charge on any atom is -0.378 e. The molecule has 0 saturated carbocycles. The van der Waals surface area contributed by atoms with Gasteiger partial charge in [0.15, 0.2) is 5.79 Å². The van der Waals surface area contributed by atoms with Gasteiger partial charge in [-0.2, -0.15) is 0 Å². The van der Waals surface area contributed by atoms with Crippen LogP contribution in [0, 0.1) is 0 Å². The van der Waals surface area contributed by atoms with E-state index in [1.54, 1.807) is 0 Å². The number of ether oxygens (including phenoxy) is 3. The van der Waals surface area contributed by atoms with E-state index in [0.29, 0.717) is 13.2 Å². The van der Waals surface area contributed by atoms with Crippen LogP contribution >= 0.6 is 0 Å². The average molecular weight is 158 g/mol. The van der Waals surface area contributed by atoms with E-state index in [1.165, 1.54) is 0 Å². The van der Waals surface area contributed by atoms with Gasteiger partial charge in [0.05, 0.1) is 19.8 Å². The fourth-order valence-corrected chi connectivity index (χ4v) is 1.63. The first kappa shape index (κ1) is 7.53. The lowest BCUT2D eigenvalue weighted by molar-refractivity contribution is -0.168. The zero-order valence-corrected chi connectivity index (χ0v) is 6.84. The predicted octanol–water partition coefficient (Wildman–Crippen LogP) is 0.928. The first-order chi connectivity index (χ1) is 5.35. The first-order valence-corrected chi connectivity index (χ1v) is 4.24. The molecule has 2 unspecified atom stereocenters. The van der Waals surface area contributed by atoms with Crippen LogP contribution in [0.2, 0.25) is 0 Å². The summed E-state index contributed by atoms with van der Waals surface area (Å²) in [6, 6.07) is 0. The van der Waals surface area contributed by atoms with E-state index in [1.807, 2.05) is 0 Å². The maximum absolute atomic E-state index is 5.71. The molecule has 2 heterocycles. The lowest BCUT2D eigenvalue weighted by Gasteiger charge is -2.24.